The molecule has 1 heterocycles. The third-order valence-corrected chi connectivity index (χ3v) is 3.37. The zero-order chi connectivity index (χ0) is 13.8. The van der Waals surface area contributed by atoms with Crippen molar-refractivity contribution in [3.8, 4) is 0 Å². The average Bonchev–Trinajstić information content (AvgIpc) is 2.75. The molecule has 0 aromatic carbocycles. The second-order valence-electron chi connectivity index (χ2n) is 4.83. The van der Waals surface area contributed by atoms with Gasteiger partial charge in [-0.15, -0.1) is 0 Å². The van der Waals surface area contributed by atoms with Crippen LogP contribution in [0.2, 0.25) is 0 Å². The smallest absolute Gasteiger partial charge is 0.396 e. The lowest BCUT2D eigenvalue weighted by Crippen LogP contribution is -2.52. The molecule has 0 spiro atoms. The number of hydrogen-bond donors (Lipinski definition) is 3. The van der Waals surface area contributed by atoms with Gasteiger partial charge in [0, 0.05) is 19.7 Å². The van der Waals surface area contributed by atoms with E-state index in [1.807, 2.05) is 0 Å². The van der Waals surface area contributed by atoms with E-state index in [-0.39, 0.29) is 38.6 Å². The first-order valence-corrected chi connectivity index (χ1v) is 6.00. The van der Waals surface area contributed by atoms with E-state index in [4.69, 9.17) is 5.11 Å². The first-order valence-electron chi connectivity index (χ1n) is 6.00. The van der Waals surface area contributed by atoms with Crippen molar-refractivity contribution >= 4 is 5.91 Å². The summed E-state index contributed by atoms with van der Waals surface area (Å²) in [6, 6.07) is 0. The van der Waals surface area contributed by atoms with Crippen molar-refractivity contribution in [2.75, 3.05) is 26.2 Å². The second kappa shape index (κ2) is 5.88. The molecule has 18 heavy (non-hydrogen) atoms. The number of amides is 1. The van der Waals surface area contributed by atoms with Crippen molar-refractivity contribution in [2.24, 2.45) is 11.3 Å². The minimum Gasteiger partial charge on any atom is -0.396 e. The number of aliphatic hydroxyl groups excluding tert-OH is 1. The van der Waals surface area contributed by atoms with E-state index in [2.05, 4.69) is 10.6 Å². The van der Waals surface area contributed by atoms with E-state index in [0.29, 0.717) is 6.42 Å². The summed E-state index contributed by atoms with van der Waals surface area (Å²) in [4.78, 5) is 11.8. The zero-order valence-corrected chi connectivity index (χ0v) is 10.3. The van der Waals surface area contributed by atoms with Crippen molar-refractivity contribution in [1.29, 1.82) is 0 Å². The molecule has 2 atom stereocenters. The summed E-state index contributed by atoms with van der Waals surface area (Å²) in [5.41, 5.74) is -2.30. The van der Waals surface area contributed by atoms with Crippen LogP contribution in [0.3, 0.4) is 0 Å². The van der Waals surface area contributed by atoms with Gasteiger partial charge in [-0.3, -0.25) is 4.79 Å². The monoisotopic (exact) mass is 268 g/mol. The van der Waals surface area contributed by atoms with Crippen molar-refractivity contribution in [2.45, 2.75) is 25.9 Å². The van der Waals surface area contributed by atoms with Gasteiger partial charge in [-0.2, -0.15) is 13.2 Å². The Labute approximate surface area is 104 Å². The molecule has 0 aromatic heterocycles. The molecule has 1 amide bonds. The van der Waals surface area contributed by atoms with Gasteiger partial charge in [0.25, 0.3) is 0 Å². The molecular weight excluding hydrogens is 249 g/mol. The van der Waals surface area contributed by atoms with Crippen molar-refractivity contribution < 1.29 is 23.1 Å². The molecular formula is C11H19F3N2O2. The Hall–Kier alpha value is -0.820. The highest BCUT2D eigenvalue weighted by molar-refractivity contribution is 5.84. The Kier molecular flexibility index (Phi) is 4.98. The van der Waals surface area contributed by atoms with Crippen LogP contribution in [-0.2, 0) is 4.79 Å². The normalized spacial score (nSPS) is 26.1. The maximum absolute atomic E-state index is 13.0. The summed E-state index contributed by atoms with van der Waals surface area (Å²) in [5, 5.41) is 13.6. The fraction of sp³-hybridized carbons (Fsp3) is 0.909. The second-order valence-corrected chi connectivity index (χ2v) is 4.83. The molecule has 1 aliphatic rings. The number of carbonyl (C=O) groups is 1. The van der Waals surface area contributed by atoms with E-state index in [1.165, 1.54) is 0 Å². The molecule has 0 saturated carbocycles. The Morgan fingerprint density at radius 1 is 1.56 bits per heavy atom. The molecule has 0 bridgehead atoms. The van der Waals surface area contributed by atoms with E-state index in [9.17, 15) is 18.0 Å². The van der Waals surface area contributed by atoms with Gasteiger partial charge in [0.2, 0.25) is 5.91 Å². The number of alkyl halides is 3. The van der Waals surface area contributed by atoms with E-state index in [1.54, 1.807) is 6.92 Å². The summed E-state index contributed by atoms with van der Waals surface area (Å²) < 4.78 is 39.0. The quantitative estimate of drug-likeness (QED) is 0.686. The van der Waals surface area contributed by atoms with Gasteiger partial charge in [-0.25, -0.2) is 0 Å². The molecule has 1 rings (SSSR count). The van der Waals surface area contributed by atoms with Gasteiger partial charge in [0.1, 0.15) is 0 Å². The minimum atomic E-state index is -4.54. The molecule has 1 aliphatic heterocycles. The number of hydrogen-bond acceptors (Lipinski definition) is 3. The van der Waals surface area contributed by atoms with Crippen LogP contribution in [-0.4, -0.2) is 43.4 Å². The van der Waals surface area contributed by atoms with Gasteiger partial charge in [-0.05, 0) is 25.3 Å². The fourth-order valence-electron chi connectivity index (χ4n) is 2.02. The minimum absolute atomic E-state index is 0.0387. The largest absolute Gasteiger partial charge is 0.404 e. The topological polar surface area (TPSA) is 61.4 Å². The number of rotatable bonds is 5. The first-order chi connectivity index (χ1) is 8.33. The summed E-state index contributed by atoms with van der Waals surface area (Å²) in [6.45, 7) is 1.71. The third kappa shape index (κ3) is 3.14. The fourth-order valence-corrected chi connectivity index (χ4v) is 2.02. The van der Waals surface area contributed by atoms with Gasteiger partial charge in [-0.1, -0.05) is 6.92 Å². The Morgan fingerprint density at radius 2 is 2.22 bits per heavy atom. The number of halogens is 3. The molecule has 2 unspecified atom stereocenters. The number of nitrogens with one attached hydrogen (secondary N) is 2. The van der Waals surface area contributed by atoms with Gasteiger partial charge in [0.05, 0.1) is 0 Å². The summed E-state index contributed by atoms with van der Waals surface area (Å²) in [7, 11) is 0. The Bertz CT molecular complexity index is 289. The van der Waals surface area contributed by atoms with Crippen molar-refractivity contribution in [3.63, 3.8) is 0 Å². The molecule has 4 nitrogen and oxygen atoms in total. The van der Waals surface area contributed by atoms with Crippen LogP contribution < -0.4 is 10.6 Å². The lowest BCUT2D eigenvalue weighted by Gasteiger charge is -2.29. The molecule has 7 heteroatoms. The third-order valence-electron chi connectivity index (χ3n) is 3.37. The predicted molar refractivity (Wildman–Crippen MR) is 59.9 cm³/mol. The van der Waals surface area contributed by atoms with Crippen LogP contribution in [0.1, 0.15) is 19.8 Å². The van der Waals surface area contributed by atoms with E-state index >= 15 is 0 Å². The highest BCUT2D eigenvalue weighted by Crippen LogP contribution is 2.43. The first kappa shape index (κ1) is 15.2. The molecule has 1 saturated heterocycles. The van der Waals surface area contributed by atoms with Crippen LogP contribution in [0, 0.1) is 11.3 Å². The molecule has 1 fully saturated rings. The maximum Gasteiger partial charge on any atom is 0.404 e. The van der Waals surface area contributed by atoms with Crippen LogP contribution >= 0.6 is 0 Å². The molecule has 3 N–H and O–H groups in total. The standard InChI is InChI=1S/C11H19F3N2O2/c1-8(2-5-17)6-16-9(18)10(11(12,13)14)3-4-15-7-10/h8,15,17H,2-7H2,1H3,(H,16,18). The van der Waals surface area contributed by atoms with E-state index < -0.39 is 17.5 Å². The predicted octanol–water partition coefficient (Wildman–Crippen LogP) is 0.663. The van der Waals surface area contributed by atoms with Crippen molar-refractivity contribution in [1.82, 2.24) is 10.6 Å². The highest BCUT2D eigenvalue weighted by atomic mass is 19.4. The Morgan fingerprint density at radius 3 is 2.67 bits per heavy atom. The lowest BCUT2D eigenvalue weighted by atomic mass is 9.85. The van der Waals surface area contributed by atoms with Crippen LogP contribution in [0.15, 0.2) is 0 Å². The van der Waals surface area contributed by atoms with Crippen molar-refractivity contribution in [3.05, 3.63) is 0 Å². The maximum atomic E-state index is 13.0. The SMILES string of the molecule is CC(CCO)CNC(=O)C1(C(F)(F)F)CCNC1. The molecule has 0 radical (unpaired) electrons. The van der Waals surface area contributed by atoms with Gasteiger partial charge in [0.15, 0.2) is 5.41 Å². The van der Waals surface area contributed by atoms with Crippen LogP contribution in [0.25, 0.3) is 0 Å². The lowest BCUT2D eigenvalue weighted by molar-refractivity contribution is -0.216. The van der Waals surface area contributed by atoms with Crippen LogP contribution in [0.5, 0.6) is 0 Å². The summed E-state index contributed by atoms with van der Waals surface area (Å²) in [6.07, 6.45) is -4.31. The average molecular weight is 268 g/mol. The number of carbonyl (C=O) groups excluding carboxylic acids is 1. The van der Waals surface area contributed by atoms with E-state index in [0.717, 1.165) is 0 Å². The number of aliphatic hydroxyl groups is 1. The molecule has 0 aromatic rings. The Balaban J connectivity index is 2.62. The molecule has 0 aliphatic carbocycles. The zero-order valence-electron chi connectivity index (χ0n) is 10.3. The van der Waals surface area contributed by atoms with Crippen LogP contribution in [0.4, 0.5) is 13.2 Å². The van der Waals surface area contributed by atoms with Gasteiger partial charge < -0.3 is 15.7 Å². The molecule has 106 valence electrons. The van der Waals surface area contributed by atoms with Gasteiger partial charge >= 0.3 is 6.18 Å². The highest BCUT2D eigenvalue weighted by Gasteiger charge is 2.61. The summed E-state index contributed by atoms with van der Waals surface area (Å²) in [5.74, 6) is -1.01. The summed E-state index contributed by atoms with van der Waals surface area (Å²) >= 11 is 0.